The Morgan fingerprint density at radius 3 is 2.62 bits per heavy atom. The lowest BCUT2D eigenvalue weighted by molar-refractivity contribution is -0.142. The lowest BCUT2D eigenvalue weighted by atomic mass is 9.88. The molecule has 3 aromatic rings. The first-order valence-corrected chi connectivity index (χ1v) is 11.4. The third-order valence-electron chi connectivity index (χ3n) is 6.57. The number of carbonyl (C=O) groups excluding carboxylic acids is 2. The fourth-order valence-electron chi connectivity index (χ4n) is 4.66. The number of fused-ring (bicyclic) bond motifs is 1. The Hall–Kier alpha value is -3.19. The van der Waals surface area contributed by atoms with Crippen molar-refractivity contribution in [2.45, 2.75) is 44.2 Å². The molecule has 1 N–H and O–H groups in total. The first-order valence-electron chi connectivity index (χ1n) is 11.4. The summed E-state index contributed by atoms with van der Waals surface area (Å²) in [5, 5.41) is 2.98. The van der Waals surface area contributed by atoms with Gasteiger partial charge in [-0.15, -0.1) is 0 Å². The Labute approximate surface area is 187 Å². The van der Waals surface area contributed by atoms with Gasteiger partial charge in [0.25, 0.3) is 11.8 Å². The summed E-state index contributed by atoms with van der Waals surface area (Å²) in [7, 11) is 0. The van der Waals surface area contributed by atoms with E-state index in [1.54, 1.807) is 6.20 Å². The SMILES string of the molecule is O=C(NCc1ccn2ccnc2c1)c1ccc(C2CCN(C(=O)[C@H]3CCCO3)CC2)cc1. The van der Waals surface area contributed by atoms with Crippen LogP contribution in [-0.4, -0.2) is 51.9 Å². The van der Waals surface area contributed by atoms with E-state index in [0.29, 0.717) is 24.6 Å². The van der Waals surface area contributed by atoms with Crippen LogP contribution in [0.15, 0.2) is 55.0 Å². The molecule has 0 bridgehead atoms. The van der Waals surface area contributed by atoms with Gasteiger partial charge in [-0.25, -0.2) is 4.98 Å². The van der Waals surface area contributed by atoms with Gasteiger partial charge in [0.1, 0.15) is 11.8 Å². The topological polar surface area (TPSA) is 75.9 Å². The predicted octanol–water partition coefficient (Wildman–Crippen LogP) is 3.15. The highest BCUT2D eigenvalue weighted by atomic mass is 16.5. The number of rotatable bonds is 5. The fraction of sp³-hybridized carbons (Fsp3) is 0.400. The molecule has 2 aliphatic heterocycles. The number of nitrogens with zero attached hydrogens (tertiary/aromatic N) is 3. The van der Waals surface area contributed by atoms with E-state index < -0.39 is 0 Å². The number of pyridine rings is 1. The van der Waals surface area contributed by atoms with Gasteiger partial charge in [0.15, 0.2) is 0 Å². The zero-order valence-corrected chi connectivity index (χ0v) is 18.1. The third-order valence-corrected chi connectivity index (χ3v) is 6.57. The minimum Gasteiger partial charge on any atom is -0.368 e. The number of hydrogen-bond donors (Lipinski definition) is 1. The highest BCUT2D eigenvalue weighted by Gasteiger charge is 2.31. The average Bonchev–Trinajstić information content (AvgIpc) is 3.54. The van der Waals surface area contributed by atoms with E-state index in [0.717, 1.165) is 50.0 Å². The lowest BCUT2D eigenvalue weighted by Crippen LogP contribution is -2.43. The van der Waals surface area contributed by atoms with Gasteiger partial charge in [0.05, 0.1) is 0 Å². The van der Waals surface area contributed by atoms with Gasteiger partial charge in [0, 0.05) is 50.4 Å². The molecule has 2 fully saturated rings. The molecule has 0 unspecified atom stereocenters. The zero-order chi connectivity index (χ0) is 21.9. The monoisotopic (exact) mass is 432 g/mol. The molecule has 166 valence electrons. The number of nitrogens with one attached hydrogen (secondary N) is 1. The minimum absolute atomic E-state index is 0.0863. The number of benzene rings is 1. The molecule has 7 nitrogen and oxygen atoms in total. The molecule has 1 aromatic carbocycles. The van der Waals surface area contributed by atoms with E-state index >= 15 is 0 Å². The molecular weight excluding hydrogens is 404 g/mol. The van der Waals surface area contributed by atoms with Crippen LogP contribution in [-0.2, 0) is 16.1 Å². The Morgan fingerprint density at radius 2 is 1.88 bits per heavy atom. The van der Waals surface area contributed by atoms with E-state index in [1.807, 2.05) is 58.1 Å². The van der Waals surface area contributed by atoms with Crippen molar-refractivity contribution in [1.29, 1.82) is 0 Å². The van der Waals surface area contributed by atoms with E-state index in [4.69, 9.17) is 4.74 Å². The molecule has 32 heavy (non-hydrogen) atoms. The van der Waals surface area contributed by atoms with Gasteiger partial charge < -0.3 is 19.4 Å². The van der Waals surface area contributed by atoms with Crippen LogP contribution in [0.5, 0.6) is 0 Å². The number of imidazole rings is 1. The molecule has 7 heteroatoms. The van der Waals surface area contributed by atoms with Crippen molar-refractivity contribution >= 4 is 17.5 Å². The summed E-state index contributed by atoms with van der Waals surface area (Å²) >= 11 is 0. The van der Waals surface area contributed by atoms with Crippen LogP contribution >= 0.6 is 0 Å². The van der Waals surface area contributed by atoms with Crippen LogP contribution in [0.1, 0.15) is 53.1 Å². The lowest BCUT2D eigenvalue weighted by Gasteiger charge is -2.33. The van der Waals surface area contributed by atoms with Crippen LogP contribution in [0.4, 0.5) is 0 Å². The van der Waals surface area contributed by atoms with Gasteiger partial charge in [-0.3, -0.25) is 9.59 Å². The first kappa shape index (κ1) is 20.7. The molecule has 1 atom stereocenters. The summed E-state index contributed by atoms with van der Waals surface area (Å²) in [4.78, 5) is 31.3. The Bertz CT molecular complexity index is 1090. The van der Waals surface area contributed by atoms with Crippen LogP contribution in [0.25, 0.3) is 5.65 Å². The number of amides is 2. The van der Waals surface area contributed by atoms with E-state index in [-0.39, 0.29) is 17.9 Å². The van der Waals surface area contributed by atoms with Crippen molar-refractivity contribution in [3.63, 3.8) is 0 Å². The maximum absolute atomic E-state index is 12.6. The average molecular weight is 433 g/mol. The predicted molar refractivity (Wildman–Crippen MR) is 120 cm³/mol. The van der Waals surface area contributed by atoms with Gasteiger partial charge in [-0.2, -0.15) is 0 Å². The van der Waals surface area contributed by atoms with Crippen molar-refractivity contribution in [3.05, 3.63) is 71.7 Å². The maximum Gasteiger partial charge on any atom is 0.251 e. The highest BCUT2D eigenvalue weighted by molar-refractivity contribution is 5.94. The van der Waals surface area contributed by atoms with Gasteiger partial charge in [-0.1, -0.05) is 12.1 Å². The van der Waals surface area contributed by atoms with Crippen molar-refractivity contribution < 1.29 is 14.3 Å². The summed E-state index contributed by atoms with van der Waals surface area (Å²) in [5.41, 5.74) is 3.76. The molecule has 2 aliphatic rings. The summed E-state index contributed by atoms with van der Waals surface area (Å²) in [6, 6.07) is 11.8. The number of piperidine rings is 1. The standard InChI is InChI=1S/C25H28N4O3/c30-24(27-17-18-7-11-28-14-10-26-23(28)16-18)21-5-3-19(4-6-21)20-8-12-29(13-9-20)25(31)22-2-1-15-32-22/h3-7,10-11,14,16,20,22H,1-2,8-9,12-13,15,17H2,(H,27,30)/t22-/m1/s1. The Kier molecular flexibility index (Phi) is 5.90. The van der Waals surface area contributed by atoms with Crippen LogP contribution < -0.4 is 5.32 Å². The minimum atomic E-state index is -0.231. The van der Waals surface area contributed by atoms with E-state index in [2.05, 4.69) is 10.3 Å². The second kappa shape index (κ2) is 9.12. The van der Waals surface area contributed by atoms with Crippen LogP contribution in [0.3, 0.4) is 0 Å². The van der Waals surface area contributed by atoms with E-state index in [1.165, 1.54) is 5.56 Å². The first-order chi connectivity index (χ1) is 15.7. The molecule has 0 aliphatic carbocycles. The third kappa shape index (κ3) is 4.39. The second-order valence-electron chi connectivity index (χ2n) is 8.63. The summed E-state index contributed by atoms with van der Waals surface area (Å²) in [6.07, 6.45) is 9.08. The van der Waals surface area contributed by atoms with Crippen molar-refractivity contribution in [1.82, 2.24) is 19.6 Å². The summed E-state index contributed by atoms with van der Waals surface area (Å²) in [5.74, 6) is 0.485. The summed E-state index contributed by atoms with van der Waals surface area (Å²) in [6.45, 7) is 2.70. The number of carbonyl (C=O) groups is 2. The fourth-order valence-corrected chi connectivity index (χ4v) is 4.66. The molecule has 0 radical (unpaired) electrons. The van der Waals surface area contributed by atoms with Gasteiger partial charge >= 0.3 is 0 Å². The molecule has 2 aromatic heterocycles. The summed E-state index contributed by atoms with van der Waals surface area (Å²) < 4.78 is 7.48. The molecule has 5 rings (SSSR count). The smallest absolute Gasteiger partial charge is 0.251 e. The Balaban J connectivity index is 1.13. The highest BCUT2D eigenvalue weighted by Crippen LogP contribution is 2.29. The van der Waals surface area contributed by atoms with Gasteiger partial charge in [-0.05, 0) is 67.0 Å². The van der Waals surface area contributed by atoms with Gasteiger partial charge in [0.2, 0.25) is 0 Å². The number of likely N-dealkylation sites (tertiary alicyclic amines) is 1. The normalized spacial score (nSPS) is 19.4. The van der Waals surface area contributed by atoms with Crippen molar-refractivity contribution in [2.24, 2.45) is 0 Å². The maximum atomic E-state index is 12.6. The zero-order valence-electron chi connectivity index (χ0n) is 18.1. The number of ether oxygens (including phenoxy) is 1. The van der Waals surface area contributed by atoms with Crippen LogP contribution in [0.2, 0.25) is 0 Å². The van der Waals surface area contributed by atoms with Crippen molar-refractivity contribution in [2.75, 3.05) is 19.7 Å². The molecule has 0 spiro atoms. The largest absolute Gasteiger partial charge is 0.368 e. The van der Waals surface area contributed by atoms with Crippen LogP contribution in [0, 0.1) is 0 Å². The quantitative estimate of drug-likeness (QED) is 0.672. The molecular formula is C25H28N4O3. The van der Waals surface area contributed by atoms with Crippen molar-refractivity contribution in [3.8, 4) is 0 Å². The molecule has 4 heterocycles. The molecule has 2 amide bonds. The Morgan fingerprint density at radius 1 is 1.06 bits per heavy atom. The second-order valence-corrected chi connectivity index (χ2v) is 8.63. The molecule has 2 saturated heterocycles. The van der Waals surface area contributed by atoms with E-state index in [9.17, 15) is 9.59 Å². The number of aromatic nitrogens is 2. The molecule has 0 saturated carbocycles. The number of hydrogen-bond acceptors (Lipinski definition) is 4.